The molecule has 0 N–H and O–H groups in total. The summed E-state index contributed by atoms with van der Waals surface area (Å²) in [6.07, 6.45) is -10.7. The maximum absolute atomic E-state index is 11.4. The van der Waals surface area contributed by atoms with Crippen molar-refractivity contribution in [3.05, 3.63) is 0 Å². The number of rotatable bonds is 1. The highest BCUT2D eigenvalue weighted by atomic mass is 32.1. The molecule has 0 amide bonds. The van der Waals surface area contributed by atoms with Crippen LogP contribution in [-0.2, 0) is 0 Å². The molecule has 7 heteroatoms. The van der Waals surface area contributed by atoms with Crippen LogP contribution in [0.1, 0.15) is 0 Å². The Kier molecular flexibility index (Phi) is 2.87. The number of thiocarbonyl (C=S) groups is 1. The quantitative estimate of drug-likeness (QED) is 0.459. The van der Waals surface area contributed by atoms with Crippen LogP contribution in [0.4, 0.5) is 26.3 Å². The summed E-state index contributed by atoms with van der Waals surface area (Å²) in [6, 6.07) is 0. The first-order valence-corrected chi connectivity index (χ1v) is 2.75. The van der Waals surface area contributed by atoms with E-state index in [1.54, 1.807) is 0 Å². The third-order valence-corrected chi connectivity index (χ3v) is 1.11. The van der Waals surface area contributed by atoms with Gasteiger partial charge in [-0.3, -0.25) is 0 Å². The van der Waals surface area contributed by atoms with Gasteiger partial charge < -0.3 is 0 Å². The molecule has 0 bridgehead atoms. The van der Waals surface area contributed by atoms with Crippen molar-refractivity contribution >= 4 is 17.6 Å². The summed E-state index contributed by atoms with van der Waals surface area (Å²) in [7, 11) is 0. The minimum atomic E-state index is -5.33. The smallest absolute Gasteiger partial charge is 0.170 e. The molecule has 0 unspecified atom stereocenters. The Morgan fingerprint density at radius 2 is 1.18 bits per heavy atom. The molecule has 0 aliphatic carbocycles. The van der Waals surface area contributed by atoms with Gasteiger partial charge in [-0.05, 0) is 0 Å². The topological polar surface area (TPSA) is 0 Å². The second-order valence-electron chi connectivity index (χ2n) is 1.70. The molecular formula is C4H2F6S. The van der Waals surface area contributed by atoms with Crippen LogP contribution in [0.3, 0.4) is 0 Å². The van der Waals surface area contributed by atoms with E-state index in [4.69, 9.17) is 0 Å². The highest BCUT2D eigenvalue weighted by molar-refractivity contribution is 7.79. The Balaban J connectivity index is 4.56. The predicted octanol–water partition coefficient (Wildman–Crippen LogP) is 2.73. The Labute approximate surface area is 63.2 Å². The Bertz CT molecular complexity index is 130. The average molecular weight is 196 g/mol. The van der Waals surface area contributed by atoms with Crippen LogP contribution in [0.25, 0.3) is 0 Å². The van der Waals surface area contributed by atoms with Gasteiger partial charge in [0.25, 0.3) is 0 Å². The average Bonchev–Trinajstić information content (AvgIpc) is 1.56. The van der Waals surface area contributed by atoms with Crippen molar-refractivity contribution in [2.45, 2.75) is 12.4 Å². The standard InChI is InChI=1S/C4H2F6S/c5-3(6,7)2(1-11)4(8,9)10/h1-2H. The molecule has 66 valence electrons. The first-order chi connectivity index (χ1) is 4.69. The largest absolute Gasteiger partial charge is 0.404 e. The molecule has 0 aliphatic rings. The molecule has 0 saturated heterocycles. The zero-order valence-electron chi connectivity index (χ0n) is 4.83. The maximum Gasteiger partial charge on any atom is 0.404 e. The van der Waals surface area contributed by atoms with E-state index in [0.717, 1.165) is 0 Å². The molecule has 0 aliphatic heterocycles. The molecule has 0 saturated carbocycles. The van der Waals surface area contributed by atoms with Crippen molar-refractivity contribution in [3.63, 3.8) is 0 Å². The number of hydrogen-bond acceptors (Lipinski definition) is 1. The van der Waals surface area contributed by atoms with Crippen molar-refractivity contribution in [1.29, 1.82) is 0 Å². The minimum absolute atomic E-state index is 0.333. The zero-order chi connectivity index (χ0) is 9.28. The third kappa shape index (κ3) is 3.04. The Hall–Kier alpha value is -0.330. The van der Waals surface area contributed by atoms with Gasteiger partial charge in [0.1, 0.15) is 0 Å². The fraction of sp³-hybridized carbons (Fsp3) is 0.750. The van der Waals surface area contributed by atoms with Crippen LogP contribution in [0.15, 0.2) is 0 Å². The van der Waals surface area contributed by atoms with E-state index in [1.165, 1.54) is 0 Å². The molecule has 0 fully saturated rings. The van der Waals surface area contributed by atoms with Gasteiger partial charge in [0.15, 0.2) is 5.92 Å². The number of hydrogen-bond donors (Lipinski definition) is 0. The molecule has 0 aromatic rings. The minimum Gasteiger partial charge on any atom is -0.170 e. The monoisotopic (exact) mass is 196 g/mol. The van der Waals surface area contributed by atoms with E-state index in [0.29, 0.717) is 0 Å². The second-order valence-corrected chi connectivity index (χ2v) is 1.97. The molecule has 0 aromatic carbocycles. The van der Waals surface area contributed by atoms with E-state index >= 15 is 0 Å². The van der Waals surface area contributed by atoms with Gasteiger partial charge in [0, 0.05) is 5.37 Å². The molecule has 0 spiro atoms. The van der Waals surface area contributed by atoms with E-state index in [2.05, 4.69) is 12.2 Å². The molecule has 11 heavy (non-hydrogen) atoms. The predicted molar refractivity (Wildman–Crippen MR) is 29.3 cm³/mol. The second kappa shape index (κ2) is 2.96. The summed E-state index contributed by atoms with van der Waals surface area (Å²) < 4.78 is 68.4. The van der Waals surface area contributed by atoms with Crippen LogP contribution in [0.2, 0.25) is 0 Å². The van der Waals surface area contributed by atoms with Crippen molar-refractivity contribution in [2.75, 3.05) is 0 Å². The molecule has 0 radical (unpaired) electrons. The lowest BCUT2D eigenvalue weighted by molar-refractivity contribution is -0.258. The van der Waals surface area contributed by atoms with Crippen LogP contribution in [0, 0.1) is 5.92 Å². The molecule has 0 rings (SSSR count). The summed E-state index contributed by atoms with van der Waals surface area (Å²) in [5.41, 5.74) is 0. The Morgan fingerprint density at radius 3 is 1.18 bits per heavy atom. The van der Waals surface area contributed by atoms with Crippen LogP contribution in [-0.4, -0.2) is 17.7 Å². The molecule has 0 nitrogen and oxygen atoms in total. The molecular weight excluding hydrogens is 194 g/mol. The van der Waals surface area contributed by atoms with Gasteiger partial charge in [-0.2, -0.15) is 26.3 Å². The summed E-state index contributed by atoms with van der Waals surface area (Å²) in [5.74, 6) is -3.50. The lowest BCUT2D eigenvalue weighted by atomic mass is 10.2. The molecule has 0 heterocycles. The van der Waals surface area contributed by atoms with Crippen molar-refractivity contribution in [1.82, 2.24) is 0 Å². The summed E-state index contributed by atoms with van der Waals surface area (Å²) in [4.78, 5) is 0. The van der Waals surface area contributed by atoms with Gasteiger partial charge in [-0.15, -0.1) is 0 Å². The van der Waals surface area contributed by atoms with E-state index < -0.39 is 18.3 Å². The molecule has 0 aromatic heterocycles. The fourth-order valence-corrected chi connectivity index (χ4v) is 0.648. The highest BCUT2D eigenvalue weighted by Crippen LogP contribution is 2.37. The first-order valence-electron chi connectivity index (χ1n) is 2.28. The van der Waals surface area contributed by atoms with E-state index in [1.807, 2.05) is 0 Å². The van der Waals surface area contributed by atoms with Crippen LogP contribution in [0.5, 0.6) is 0 Å². The maximum atomic E-state index is 11.4. The van der Waals surface area contributed by atoms with Crippen LogP contribution < -0.4 is 0 Å². The zero-order valence-corrected chi connectivity index (χ0v) is 5.65. The third-order valence-electron chi connectivity index (χ3n) is 0.841. The van der Waals surface area contributed by atoms with E-state index in [-0.39, 0.29) is 5.37 Å². The summed E-state index contributed by atoms with van der Waals surface area (Å²) in [6.45, 7) is 0. The SMILES string of the molecule is FC(F)(F)C(C=S)C(F)(F)F. The van der Waals surface area contributed by atoms with Crippen molar-refractivity contribution in [2.24, 2.45) is 5.92 Å². The summed E-state index contributed by atoms with van der Waals surface area (Å²) >= 11 is 3.60. The highest BCUT2D eigenvalue weighted by Gasteiger charge is 2.55. The van der Waals surface area contributed by atoms with E-state index in [9.17, 15) is 26.3 Å². The molecule has 0 atom stereocenters. The van der Waals surface area contributed by atoms with Gasteiger partial charge in [0.2, 0.25) is 0 Å². The lowest BCUT2D eigenvalue weighted by Crippen LogP contribution is -2.36. The van der Waals surface area contributed by atoms with Crippen molar-refractivity contribution in [3.8, 4) is 0 Å². The number of halogens is 6. The number of alkyl halides is 6. The normalized spacial score (nSPS) is 13.7. The van der Waals surface area contributed by atoms with Gasteiger partial charge in [0.05, 0.1) is 0 Å². The Morgan fingerprint density at radius 1 is 0.909 bits per heavy atom. The fourth-order valence-electron chi connectivity index (χ4n) is 0.340. The first kappa shape index (κ1) is 10.7. The summed E-state index contributed by atoms with van der Waals surface area (Å²) in [5, 5.41) is -0.333. The van der Waals surface area contributed by atoms with Crippen LogP contribution >= 0.6 is 12.2 Å². The van der Waals surface area contributed by atoms with Gasteiger partial charge in [-0.25, -0.2) is 0 Å². The van der Waals surface area contributed by atoms with Gasteiger partial charge >= 0.3 is 12.4 Å². The lowest BCUT2D eigenvalue weighted by Gasteiger charge is -2.18. The van der Waals surface area contributed by atoms with Crippen molar-refractivity contribution < 1.29 is 26.3 Å². The van der Waals surface area contributed by atoms with Gasteiger partial charge in [-0.1, -0.05) is 12.2 Å².